The van der Waals surface area contributed by atoms with Crippen molar-refractivity contribution in [1.82, 2.24) is 4.98 Å². The number of ether oxygens (including phenoxy) is 1. The maximum atomic E-state index is 12.8. The average Bonchev–Trinajstić information content (AvgIpc) is 3.02. The third kappa shape index (κ3) is 4.63. The summed E-state index contributed by atoms with van der Waals surface area (Å²) in [6.45, 7) is -0.154. The van der Waals surface area contributed by atoms with Crippen LogP contribution >= 0.6 is 11.3 Å². The minimum absolute atomic E-state index is 0.154. The molecule has 0 bridgehead atoms. The molecule has 0 radical (unpaired) electrons. The number of nitrogens with zero attached hydrogens (tertiary/aromatic N) is 1. The topological polar surface area (TPSA) is 51.2 Å². The Morgan fingerprint density at radius 1 is 1.12 bits per heavy atom. The second-order valence-electron chi connectivity index (χ2n) is 5.08. The molecule has 4 nitrogen and oxygen atoms in total. The molecule has 0 aliphatic carbocycles. The first-order valence-corrected chi connectivity index (χ1v) is 8.17. The number of nitrogens with one attached hydrogen (secondary N) is 1. The number of aromatic nitrogens is 1. The number of carbonyl (C=O) groups is 1. The van der Waals surface area contributed by atoms with Crippen molar-refractivity contribution in [2.24, 2.45) is 0 Å². The van der Waals surface area contributed by atoms with E-state index in [9.17, 15) is 9.18 Å². The van der Waals surface area contributed by atoms with Gasteiger partial charge < -0.3 is 4.74 Å². The van der Waals surface area contributed by atoms with Crippen molar-refractivity contribution in [3.05, 3.63) is 77.1 Å². The fraction of sp³-hybridized carbons (Fsp3) is 0.111. The number of carbonyl (C=O) groups excluding carboxylic acids is 1. The van der Waals surface area contributed by atoms with Crippen LogP contribution in [0, 0.1) is 5.82 Å². The van der Waals surface area contributed by atoms with E-state index in [2.05, 4.69) is 22.4 Å². The fourth-order valence-corrected chi connectivity index (χ4v) is 2.94. The summed E-state index contributed by atoms with van der Waals surface area (Å²) in [5.74, 6) is -0.212. The highest BCUT2D eigenvalue weighted by molar-refractivity contribution is 7.15. The molecule has 1 aromatic heterocycles. The van der Waals surface area contributed by atoms with E-state index in [1.165, 1.54) is 41.2 Å². The van der Waals surface area contributed by atoms with Crippen molar-refractivity contribution in [3.63, 3.8) is 0 Å². The van der Waals surface area contributed by atoms with Crippen molar-refractivity contribution in [3.8, 4) is 5.75 Å². The lowest BCUT2D eigenvalue weighted by Gasteiger charge is -2.05. The second kappa shape index (κ2) is 7.70. The van der Waals surface area contributed by atoms with Crippen LogP contribution < -0.4 is 10.1 Å². The number of thiazole rings is 1. The van der Waals surface area contributed by atoms with Gasteiger partial charge in [-0.1, -0.05) is 30.3 Å². The number of benzene rings is 2. The molecule has 6 heteroatoms. The number of hydrogen-bond acceptors (Lipinski definition) is 4. The van der Waals surface area contributed by atoms with Crippen molar-refractivity contribution in [2.45, 2.75) is 6.42 Å². The minimum Gasteiger partial charge on any atom is -0.484 e. The van der Waals surface area contributed by atoms with Gasteiger partial charge in [0.25, 0.3) is 5.91 Å². The monoisotopic (exact) mass is 342 g/mol. The molecule has 2 aromatic carbocycles. The molecule has 0 spiro atoms. The van der Waals surface area contributed by atoms with Gasteiger partial charge in [0, 0.05) is 17.5 Å². The van der Waals surface area contributed by atoms with Crippen LogP contribution in [0.2, 0.25) is 0 Å². The Kier molecular flexibility index (Phi) is 5.18. The number of anilines is 1. The van der Waals surface area contributed by atoms with Gasteiger partial charge in [0.2, 0.25) is 0 Å². The van der Waals surface area contributed by atoms with E-state index in [4.69, 9.17) is 4.74 Å². The SMILES string of the molecule is O=C(COc1ccc(F)cc1)Nc1ncc(Cc2ccccc2)s1. The molecule has 0 unspecified atom stereocenters. The van der Waals surface area contributed by atoms with Gasteiger partial charge >= 0.3 is 0 Å². The Morgan fingerprint density at radius 2 is 1.88 bits per heavy atom. The molecule has 1 heterocycles. The van der Waals surface area contributed by atoms with Crippen molar-refractivity contribution >= 4 is 22.4 Å². The Balaban J connectivity index is 1.50. The van der Waals surface area contributed by atoms with Crippen LogP contribution in [0.5, 0.6) is 5.75 Å². The minimum atomic E-state index is -0.347. The van der Waals surface area contributed by atoms with Gasteiger partial charge in [-0.3, -0.25) is 10.1 Å². The first-order chi connectivity index (χ1) is 11.7. The molecule has 0 fully saturated rings. The standard InChI is InChI=1S/C18H15FN2O2S/c19-14-6-8-15(9-7-14)23-12-17(22)21-18-20-11-16(24-18)10-13-4-2-1-3-5-13/h1-9,11H,10,12H2,(H,20,21,22). The van der Waals surface area contributed by atoms with Crippen molar-refractivity contribution < 1.29 is 13.9 Å². The first kappa shape index (κ1) is 16.1. The van der Waals surface area contributed by atoms with Crippen LogP contribution in [0.3, 0.4) is 0 Å². The van der Waals surface area contributed by atoms with Gasteiger partial charge in [-0.2, -0.15) is 0 Å². The number of rotatable bonds is 6. The maximum absolute atomic E-state index is 12.8. The zero-order valence-corrected chi connectivity index (χ0v) is 13.6. The summed E-state index contributed by atoms with van der Waals surface area (Å²) in [5, 5.41) is 3.23. The fourth-order valence-electron chi connectivity index (χ4n) is 2.08. The van der Waals surface area contributed by atoms with E-state index in [0.717, 1.165) is 11.3 Å². The lowest BCUT2D eigenvalue weighted by molar-refractivity contribution is -0.118. The van der Waals surface area contributed by atoms with Crippen LogP contribution in [0.25, 0.3) is 0 Å². The molecule has 0 atom stereocenters. The largest absolute Gasteiger partial charge is 0.484 e. The quantitative estimate of drug-likeness (QED) is 0.739. The lowest BCUT2D eigenvalue weighted by atomic mass is 10.1. The van der Waals surface area contributed by atoms with Gasteiger partial charge in [0.1, 0.15) is 11.6 Å². The number of halogens is 1. The van der Waals surface area contributed by atoms with Crippen LogP contribution in [0.1, 0.15) is 10.4 Å². The summed E-state index contributed by atoms with van der Waals surface area (Å²) in [6.07, 6.45) is 2.54. The smallest absolute Gasteiger partial charge is 0.264 e. The normalized spacial score (nSPS) is 10.4. The van der Waals surface area contributed by atoms with Crippen LogP contribution in [-0.2, 0) is 11.2 Å². The second-order valence-corrected chi connectivity index (χ2v) is 6.20. The highest BCUT2D eigenvalue weighted by Gasteiger charge is 2.08. The molecule has 0 aliphatic rings. The van der Waals surface area contributed by atoms with E-state index < -0.39 is 0 Å². The molecule has 0 saturated heterocycles. The van der Waals surface area contributed by atoms with E-state index in [0.29, 0.717) is 10.9 Å². The summed E-state index contributed by atoms with van der Waals surface area (Å²) >= 11 is 1.43. The van der Waals surface area contributed by atoms with Crippen LogP contribution in [0.15, 0.2) is 60.8 Å². The zero-order valence-electron chi connectivity index (χ0n) is 12.7. The first-order valence-electron chi connectivity index (χ1n) is 7.36. The lowest BCUT2D eigenvalue weighted by Crippen LogP contribution is -2.19. The van der Waals surface area contributed by atoms with Crippen molar-refractivity contribution in [2.75, 3.05) is 11.9 Å². The molecule has 1 amide bonds. The highest BCUT2D eigenvalue weighted by atomic mass is 32.1. The van der Waals surface area contributed by atoms with Gasteiger partial charge in [0.15, 0.2) is 11.7 Å². The summed E-state index contributed by atoms with van der Waals surface area (Å²) in [6, 6.07) is 15.6. The van der Waals surface area contributed by atoms with Crippen LogP contribution in [0.4, 0.5) is 9.52 Å². The Morgan fingerprint density at radius 3 is 2.62 bits per heavy atom. The predicted octanol–water partition coefficient (Wildman–Crippen LogP) is 3.89. The summed E-state index contributed by atoms with van der Waals surface area (Å²) < 4.78 is 18.1. The maximum Gasteiger partial charge on any atom is 0.264 e. The van der Waals surface area contributed by atoms with E-state index >= 15 is 0 Å². The van der Waals surface area contributed by atoms with Crippen molar-refractivity contribution in [1.29, 1.82) is 0 Å². The molecule has 122 valence electrons. The Hall–Kier alpha value is -2.73. The Bertz CT molecular complexity index is 803. The average molecular weight is 342 g/mol. The molecular formula is C18H15FN2O2S. The molecule has 3 rings (SSSR count). The molecule has 1 N–H and O–H groups in total. The number of hydrogen-bond donors (Lipinski definition) is 1. The van der Waals surface area contributed by atoms with E-state index in [-0.39, 0.29) is 18.3 Å². The third-order valence-electron chi connectivity index (χ3n) is 3.20. The molecule has 24 heavy (non-hydrogen) atoms. The van der Waals surface area contributed by atoms with Gasteiger partial charge in [0.05, 0.1) is 0 Å². The summed E-state index contributed by atoms with van der Waals surface area (Å²) in [7, 11) is 0. The number of amides is 1. The summed E-state index contributed by atoms with van der Waals surface area (Å²) in [4.78, 5) is 17.1. The van der Waals surface area contributed by atoms with E-state index in [1.807, 2.05) is 18.2 Å². The van der Waals surface area contributed by atoms with Gasteiger partial charge in [-0.15, -0.1) is 11.3 Å². The van der Waals surface area contributed by atoms with Gasteiger partial charge in [-0.25, -0.2) is 9.37 Å². The predicted molar refractivity (Wildman–Crippen MR) is 91.9 cm³/mol. The highest BCUT2D eigenvalue weighted by Crippen LogP contribution is 2.21. The van der Waals surface area contributed by atoms with E-state index in [1.54, 1.807) is 6.20 Å². The third-order valence-corrected chi connectivity index (χ3v) is 4.12. The van der Waals surface area contributed by atoms with Gasteiger partial charge in [-0.05, 0) is 29.8 Å². The zero-order chi connectivity index (χ0) is 16.8. The summed E-state index contributed by atoms with van der Waals surface area (Å²) in [5.41, 5.74) is 1.19. The molecular weight excluding hydrogens is 327 g/mol. The Labute approximate surface area is 142 Å². The molecule has 3 aromatic rings. The molecule has 0 aliphatic heterocycles. The van der Waals surface area contributed by atoms with Crippen LogP contribution in [-0.4, -0.2) is 17.5 Å². The molecule has 0 saturated carbocycles.